The van der Waals surface area contributed by atoms with Gasteiger partial charge in [0, 0.05) is 18.3 Å². The molecule has 6 heteroatoms. The van der Waals surface area contributed by atoms with E-state index in [1.165, 1.54) is 35.4 Å². The zero-order chi connectivity index (χ0) is 15.0. The van der Waals surface area contributed by atoms with Crippen LogP contribution in [0.15, 0.2) is 35.3 Å². The minimum Gasteiger partial charge on any atom is -0.489 e. The molecule has 0 aliphatic carbocycles. The van der Waals surface area contributed by atoms with Crippen LogP contribution in [0.1, 0.15) is 15.9 Å². The van der Waals surface area contributed by atoms with Crippen LogP contribution in [0.2, 0.25) is 0 Å². The van der Waals surface area contributed by atoms with Crippen LogP contribution in [0, 0.1) is 12.7 Å². The summed E-state index contributed by atoms with van der Waals surface area (Å²) in [6.45, 7) is 2.37. The Kier molecular flexibility index (Phi) is 3.21. The number of pyridine rings is 1. The van der Waals surface area contributed by atoms with Gasteiger partial charge in [-0.25, -0.2) is 4.39 Å². The van der Waals surface area contributed by atoms with Gasteiger partial charge in [0.25, 0.3) is 5.91 Å². The van der Waals surface area contributed by atoms with Crippen LogP contribution >= 0.6 is 0 Å². The van der Waals surface area contributed by atoms with Crippen LogP contribution in [0.3, 0.4) is 0 Å². The molecule has 21 heavy (non-hydrogen) atoms. The number of anilines is 1. The summed E-state index contributed by atoms with van der Waals surface area (Å²) >= 11 is 0. The molecule has 1 aliphatic heterocycles. The van der Waals surface area contributed by atoms with Gasteiger partial charge in [-0.1, -0.05) is 0 Å². The van der Waals surface area contributed by atoms with Crippen molar-refractivity contribution in [1.29, 1.82) is 0 Å². The highest BCUT2D eigenvalue weighted by atomic mass is 19.1. The summed E-state index contributed by atoms with van der Waals surface area (Å²) in [6, 6.07) is 5.43. The molecule has 108 valence electrons. The Morgan fingerprint density at radius 3 is 2.95 bits per heavy atom. The monoisotopic (exact) mass is 288 g/mol. The van der Waals surface area contributed by atoms with Gasteiger partial charge in [-0.05, 0) is 24.6 Å². The van der Waals surface area contributed by atoms with E-state index in [1.807, 2.05) is 0 Å². The fourth-order valence-electron chi connectivity index (χ4n) is 2.35. The van der Waals surface area contributed by atoms with Crippen molar-refractivity contribution in [2.24, 2.45) is 0 Å². The zero-order valence-electron chi connectivity index (χ0n) is 11.4. The maximum Gasteiger partial charge on any atom is 0.260 e. The molecule has 0 unspecified atom stereocenters. The summed E-state index contributed by atoms with van der Waals surface area (Å²) in [4.78, 5) is 27.9. The van der Waals surface area contributed by atoms with E-state index < -0.39 is 5.82 Å². The van der Waals surface area contributed by atoms with Crippen LogP contribution < -0.4 is 15.2 Å². The second-order valence-corrected chi connectivity index (χ2v) is 4.81. The van der Waals surface area contributed by atoms with Crippen molar-refractivity contribution in [2.45, 2.75) is 6.92 Å². The number of carbonyl (C=O) groups is 1. The third-order valence-corrected chi connectivity index (χ3v) is 3.39. The largest absolute Gasteiger partial charge is 0.489 e. The highest BCUT2D eigenvalue weighted by Crippen LogP contribution is 2.33. The molecule has 0 saturated heterocycles. The molecule has 3 rings (SSSR count). The Labute approximate surface area is 120 Å². The summed E-state index contributed by atoms with van der Waals surface area (Å²) in [5, 5.41) is 0. The van der Waals surface area contributed by atoms with E-state index in [4.69, 9.17) is 4.74 Å². The average Bonchev–Trinajstić information content (AvgIpc) is 2.45. The lowest BCUT2D eigenvalue weighted by Crippen LogP contribution is -2.38. The number of ether oxygens (including phenoxy) is 1. The van der Waals surface area contributed by atoms with Gasteiger partial charge in [-0.2, -0.15) is 0 Å². The standard InChI is InChI=1S/C15H13FN2O3/c1-9-6-14(19)17-8-11(9)15(20)18-4-5-21-13-7-10(16)2-3-12(13)18/h2-3,6-8H,4-5H2,1H3,(H,17,19). The number of nitrogens with one attached hydrogen (secondary N) is 1. The SMILES string of the molecule is Cc1cc(=O)[nH]cc1C(=O)N1CCOc2cc(F)ccc21. The summed E-state index contributed by atoms with van der Waals surface area (Å²) in [5.41, 5.74) is 1.28. The number of fused-ring (bicyclic) bond motifs is 1. The molecule has 1 aliphatic rings. The van der Waals surface area contributed by atoms with Gasteiger partial charge in [0.1, 0.15) is 18.2 Å². The third-order valence-electron chi connectivity index (χ3n) is 3.39. The predicted molar refractivity (Wildman–Crippen MR) is 75.4 cm³/mol. The normalized spacial score (nSPS) is 13.5. The van der Waals surface area contributed by atoms with E-state index in [1.54, 1.807) is 6.92 Å². The number of aromatic nitrogens is 1. The summed E-state index contributed by atoms with van der Waals surface area (Å²) in [7, 11) is 0. The molecule has 0 spiro atoms. The highest BCUT2D eigenvalue weighted by Gasteiger charge is 2.26. The van der Waals surface area contributed by atoms with Gasteiger partial charge < -0.3 is 14.6 Å². The maximum atomic E-state index is 13.2. The van der Waals surface area contributed by atoms with Crippen LogP contribution in [-0.2, 0) is 0 Å². The summed E-state index contributed by atoms with van der Waals surface area (Å²) in [6.07, 6.45) is 1.40. The van der Waals surface area contributed by atoms with E-state index in [0.29, 0.717) is 35.7 Å². The van der Waals surface area contributed by atoms with Crippen molar-refractivity contribution in [3.63, 3.8) is 0 Å². The molecule has 0 fully saturated rings. The van der Waals surface area contributed by atoms with E-state index in [2.05, 4.69) is 4.98 Å². The summed E-state index contributed by atoms with van der Waals surface area (Å²) < 4.78 is 18.6. The van der Waals surface area contributed by atoms with Crippen molar-refractivity contribution in [2.75, 3.05) is 18.1 Å². The first kappa shape index (κ1) is 13.4. The van der Waals surface area contributed by atoms with Crippen molar-refractivity contribution in [3.05, 3.63) is 57.8 Å². The molecule has 1 amide bonds. The number of carbonyl (C=O) groups excluding carboxylic acids is 1. The molecule has 2 aromatic rings. The first-order chi connectivity index (χ1) is 10.1. The number of H-pyrrole nitrogens is 1. The smallest absolute Gasteiger partial charge is 0.260 e. The quantitative estimate of drug-likeness (QED) is 0.871. The number of aryl methyl sites for hydroxylation is 1. The number of aromatic amines is 1. The number of halogens is 1. The number of rotatable bonds is 1. The van der Waals surface area contributed by atoms with Crippen LogP contribution in [0.25, 0.3) is 0 Å². The molecular formula is C15H13FN2O3. The molecule has 0 saturated carbocycles. The molecule has 1 N–H and O–H groups in total. The first-order valence-corrected chi connectivity index (χ1v) is 6.50. The first-order valence-electron chi connectivity index (χ1n) is 6.50. The van der Waals surface area contributed by atoms with Gasteiger partial charge in [-0.15, -0.1) is 0 Å². The number of nitrogens with zero attached hydrogens (tertiary/aromatic N) is 1. The summed E-state index contributed by atoms with van der Waals surface area (Å²) in [5.74, 6) is -0.320. The third kappa shape index (κ3) is 2.40. The topological polar surface area (TPSA) is 62.4 Å². The minimum absolute atomic E-state index is 0.250. The number of hydrogen-bond acceptors (Lipinski definition) is 3. The maximum absolute atomic E-state index is 13.2. The molecule has 1 aromatic carbocycles. The number of hydrogen-bond donors (Lipinski definition) is 1. The Hall–Kier alpha value is -2.63. The Bertz CT molecular complexity index is 770. The van der Waals surface area contributed by atoms with Gasteiger partial charge in [0.05, 0.1) is 17.8 Å². The molecule has 0 radical (unpaired) electrons. The lowest BCUT2D eigenvalue weighted by atomic mass is 10.1. The van der Waals surface area contributed by atoms with Crippen LogP contribution in [0.4, 0.5) is 10.1 Å². The minimum atomic E-state index is -0.414. The van der Waals surface area contributed by atoms with Crippen molar-refractivity contribution in [1.82, 2.24) is 4.98 Å². The number of benzene rings is 1. The molecule has 5 nitrogen and oxygen atoms in total. The van der Waals surface area contributed by atoms with Gasteiger partial charge >= 0.3 is 0 Å². The van der Waals surface area contributed by atoms with Crippen LogP contribution in [0.5, 0.6) is 5.75 Å². The zero-order valence-corrected chi connectivity index (χ0v) is 11.4. The van der Waals surface area contributed by atoms with E-state index >= 15 is 0 Å². The predicted octanol–water partition coefficient (Wildman–Crippen LogP) is 1.86. The molecule has 1 aromatic heterocycles. The van der Waals surface area contributed by atoms with Crippen molar-refractivity contribution in [3.8, 4) is 5.75 Å². The fourth-order valence-corrected chi connectivity index (χ4v) is 2.35. The van der Waals surface area contributed by atoms with Crippen molar-refractivity contribution < 1.29 is 13.9 Å². The second-order valence-electron chi connectivity index (χ2n) is 4.81. The van der Waals surface area contributed by atoms with Crippen LogP contribution in [-0.4, -0.2) is 24.0 Å². The molecule has 2 heterocycles. The van der Waals surface area contributed by atoms with Gasteiger partial charge in [-0.3, -0.25) is 9.59 Å². The Morgan fingerprint density at radius 2 is 2.19 bits per heavy atom. The number of amides is 1. The lowest BCUT2D eigenvalue weighted by molar-refractivity contribution is 0.0975. The van der Waals surface area contributed by atoms with Crippen molar-refractivity contribution >= 4 is 11.6 Å². The van der Waals surface area contributed by atoms with E-state index in [9.17, 15) is 14.0 Å². The molecular weight excluding hydrogens is 275 g/mol. The Morgan fingerprint density at radius 1 is 1.38 bits per heavy atom. The van der Waals surface area contributed by atoms with Gasteiger partial charge in [0.2, 0.25) is 5.56 Å². The van der Waals surface area contributed by atoms with E-state index in [-0.39, 0.29) is 11.5 Å². The molecule has 0 bridgehead atoms. The fraction of sp³-hybridized carbons (Fsp3) is 0.200. The second kappa shape index (κ2) is 5.05. The highest BCUT2D eigenvalue weighted by molar-refractivity contribution is 6.07. The van der Waals surface area contributed by atoms with E-state index in [0.717, 1.165) is 0 Å². The lowest BCUT2D eigenvalue weighted by Gasteiger charge is -2.29. The van der Waals surface area contributed by atoms with Gasteiger partial charge in [0.15, 0.2) is 0 Å². The molecule has 0 atom stereocenters. The Balaban J connectivity index is 2.02. The average molecular weight is 288 g/mol.